The lowest BCUT2D eigenvalue weighted by molar-refractivity contribution is 0.500. The first-order chi connectivity index (χ1) is 21.3. The van der Waals surface area contributed by atoms with E-state index >= 15 is 0 Å². The quantitative estimate of drug-likeness (QED) is 0.162. The molecule has 0 aliphatic rings. The first-order valence-corrected chi connectivity index (χ1v) is 14.6. The highest BCUT2D eigenvalue weighted by atomic mass is 16.5. The minimum absolute atomic E-state index is 0.849. The molecule has 0 aliphatic heterocycles. The molecule has 9 aromatic rings. The molecule has 1 heterocycles. The highest BCUT2D eigenvalue weighted by Gasteiger charge is 2.20. The Kier molecular flexibility index (Phi) is 5.23. The van der Waals surface area contributed by atoms with Crippen molar-refractivity contribution in [1.29, 1.82) is 0 Å². The largest absolute Gasteiger partial charge is 0.455 e. The van der Waals surface area contributed by atoms with Crippen molar-refractivity contribution in [2.24, 2.45) is 0 Å². The Morgan fingerprint density at radius 1 is 0.395 bits per heavy atom. The SMILES string of the molecule is c1ccc2c(c1)cc(Oc1c3ccccc3c(-c3cc4ccccc4c4ccccc34)c3cnccc13)c1ccccc12. The van der Waals surface area contributed by atoms with E-state index in [0.717, 1.165) is 43.8 Å². The molecule has 0 bridgehead atoms. The molecule has 0 N–H and O–H groups in total. The van der Waals surface area contributed by atoms with Crippen molar-refractivity contribution in [3.63, 3.8) is 0 Å². The van der Waals surface area contributed by atoms with Gasteiger partial charge in [-0.15, -0.1) is 0 Å². The maximum absolute atomic E-state index is 7.05. The Morgan fingerprint density at radius 2 is 0.907 bits per heavy atom. The fraction of sp³-hybridized carbons (Fsp3) is 0. The zero-order valence-corrected chi connectivity index (χ0v) is 23.3. The zero-order valence-electron chi connectivity index (χ0n) is 23.3. The number of nitrogens with zero attached hydrogens (tertiary/aromatic N) is 1. The van der Waals surface area contributed by atoms with Crippen LogP contribution in [-0.2, 0) is 0 Å². The number of ether oxygens (including phenoxy) is 1. The molecule has 0 saturated carbocycles. The number of hydrogen-bond acceptors (Lipinski definition) is 2. The monoisotopic (exact) mass is 547 g/mol. The third-order valence-electron chi connectivity index (χ3n) is 8.76. The summed E-state index contributed by atoms with van der Waals surface area (Å²) in [5, 5.41) is 14.0. The lowest BCUT2D eigenvalue weighted by atomic mass is 9.87. The molecule has 1 aromatic heterocycles. The van der Waals surface area contributed by atoms with Crippen LogP contribution in [0.2, 0.25) is 0 Å². The van der Waals surface area contributed by atoms with Crippen LogP contribution in [0.25, 0.3) is 75.8 Å². The molecule has 200 valence electrons. The minimum atomic E-state index is 0.849. The molecule has 43 heavy (non-hydrogen) atoms. The molecule has 0 unspecified atom stereocenters. The van der Waals surface area contributed by atoms with E-state index in [2.05, 4.69) is 145 Å². The lowest BCUT2D eigenvalue weighted by Gasteiger charge is -2.20. The van der Waals surface area contributed by atoms with Crippen molar-refractivity contribution < 1.29 is 4.74 Å². The number of aromatic nitrogens is 1. The summed E-state index contributed by atoms with van der Waals surface area (Å²) in [4.78, 5) is 4.63. The number of pyridine rings is 1. The van der Waals surface area contributed by atoms with E-state index in [4.69, 9.17) is 4.74 Å². The van der Waals surface area contributed by atoms with Crippen LogP contribution in [0.15, 0.2) is 152 Å². The number of fused-ring (bicyclic) bond motifs is 8. The van der Waals surface area contributed by atoms with Gasteiger partial charge in [0.15, 0.2) is 0 Å². The summed E-state index contributed by atoms with van der Waals surface area (Å²) in [6, 6.07) is 49.6. The molecule has 0 saturated heterocycles. The third-order valence-corrected chi connectivity index (χ3v) is 8.76. The third kappa shape index (κ3) is 3.63. The standard InChI is InChI=1S/C41H25NO/c1-3-13-28-26(11-1)23-37(32-17-6-5-15-30(28)32)40-34-19-9-10-20-35(34)41(36-21-22-42-25-38(36)40)43-39-24-27-12-2-4-14-29(27)31-16-7-8-18-33(31)39/h1-25H. The fourth-order valence-corrected chi connectivity index (χ4v) is 6.86. The van der Waals surface area contributed by atoms with Crippen LogP contribution in [0.1, 0.15) is 0 Å². The van der Waals surface area contributed by atoms with E-state index < -0.39 is 0 Å². The maximum atomic E-state index is 7.05. The molecule has 9 rings (SSSR count). The average molecular weight is 548 g/mol. The Labute approximate surface area is 248 Å². The lowest BCUT2D eigenvalue weighted by Crippen LogP contribution is -1.94. The molecule has 0 aliphatic carbocycles. The van der Waals surface area contributed by atoms with Gasteiger partial charge in [-0.1, -0.05) is 121 Å². The predicted octanol–water partition coefficient (Wildman–Crippen LogP) is 11.5. The van der Waals surface area contributed by atoms with Gasteiger partial charge >= 0.3 is 0 Å². The summed E-state index contributed by atoms with van der Waals surface area (Å²) >= 11 is 0. The molecule has 0 atom stereocenters. The second kappa shape index (κ2) is 9.40. The van der Waals surface area contributed by atoms with Gasteiger partial charge < -0.3 is 4.74 Å². The first kappa shape index (κ1) is 23.9. The molecule has 8 aromatic carbocycles. The smallest absolute Gasteiger partial charge is 0.143 e. The van der Waals surface area contributed by atoms with Gasteiger partial charge in [0.2, 0.25) is 0 Å². The molecular weight excluding hydrogens is 522 g/mol. The number of hydrogen-bond donors (Lipinski definition) is 0. The Morgan fingerprint density at radius 3 is 1.63 bits per heavy atom. The molecule has 0 radical (unpaired) electrons. The van der Waals surface area contributed by atoms with Crippen molar-refractivity contribution in [1.82, 2.24) is 4.98 Å². The molecule has 0 amide bonds. The average Bonchev–Trinajstić information content (AvgIpc) is 3.08. The second-order valence-corrected chi connectivity index (χ2v) is 11.1. The Bertz CT molecular complexity index is 2490. The van der Waals surface area contributed by atoms with Crippen molar-refractivity contribution in [2.45, 2.75) is 0 Å². The van der Waals surface area contributed by atoms with Crippen molar-refractivity contribution in [3.05, 3.63) is 152 Å². The van der Waals surface area contributed by atoms with Crippen LogP contribution >= 0.6 is 0 Å². The first-order valence-electron chi connectivity index (χ1n) is 14.6. The van der Waals surface area contributed by atoms with Crippen LogP contribution in [0.4, 0.5) is 0 Å². The van der Waals surface area contributed by atoms with Crippen LogP contribution in [0.5, 0.6) is 11.5 Å². The van der Waals surface area contributed by atoms with E-state index in [1.807, 2.05) is 12.4 Å². The van der Waals surface area contributed by atoms with Crippen molar-refractivity contribution >= 4 is 64.6 Å². The normalized spacial score (nSPS) is 11.7. The van der Waals surface area contributed by atoms with Gasteiger partial charge in [-0.2, -0.15) is 0 Å². The molecule has 0 spiro atoms. The predicted molar refractivity (Wildman–Crippen MR) is 181 cm³/mol. The van der Waals surface area contributed by atoms with E-state index in [1.165, 1.54) is 43.4 Å². The van der Waals surface area contributed by atoms with Gasteiger partial charge in [-0.05, 0) is 72.4 Å². The minimum Gasteiger partial charge on any atom is -0.455 e. The molecule has 2 heteroatoms. The summed E-state index contributed by atoms with van der Waals surface area (Å²) in [6.45, 7) is 0. The van der Waals surface area contributed by atoms with E-state index in [1.54, 1.807) is 0 Å². The maximum Gasteiger partial charge on any atom is 0.143 e. The van der Waals surface area contributed by atoms with E-state index in [0.29, 0.717) is 0 Å². The molecule has 2 nitrogen and oxygen atoms in total. The van der Waals surface area contributed by atoms with Gasteiger partial charge in [-0.25, -0.2) is 0 Å². The Balaban J connectivity index is 1.38. The van der Waals surface area contributed by atoms with Crippen LogP contribution in [0, 0.1) is 0 Å². The summed E-state index contributed by atoms with van der Waals surface area (Å²) in [6.07, 6.45) is 3.86. The number of benzene rings is 8. The van der Waals surface area contributed by atoms with Gasteiger partial charge in [0, 0.05) is 33.9 Å². The van der Waals surface area contributed by atoms with Gasteiger partial charge in [0.1, 0.15) is 11.5 Å². The highest BCUT2D eigenvalue weighted by Crippen LogP contribution is 2.48. The summed E-state index contributed by atoms with van der Waals surface area (Å²) in [5.74, 6) is 1.70. The van der Waals surface area contributed by atoms with Crippen LogP contribution in [0.3, 0.4) is 0 Å². The molecular formula is C41H25NO. The van der Waals surface area contributed by atoms with Crippen LogP contribution < -0.4 is 4.74 Å². The van der Waals surface area contributed by atoms with Crippen molar-refractivity contribution in [3.8, 4) is 22.6 Å². The topological polar surface area (TPSA) is 22.1 Å². The van der Waals surface area contributed by atoms with Gasteiger partial charge in [-0.3, -0.25) is 4.98 Å². The Hall–Kier alpha value is -5.73. The van der Waals surface area contributed by atoms with Crippen molar-refractivity contribution in [2.75, 3.05) is 0 Å². The summed E-state index contributed by atoms with van der Waals surface area (Å²) in [7, 11) is 0. The van der Waals surface area contributed by atoms with E-state index in [9.17, 15) is 0 Å². The zero-order chi connectivity index (χ0) is 28.3. The summed E-state index contributed by atoms with van der Waals surface area (Å²) in [5.41, 5.74) is 2.38. The second-order valence-electron chi connectivity index (χ2n) is 11.1. The van der Waals surface area contributed by atoms with Gasteiger partial charge in [0.05, 0.1) is 0 Å². The molecule has 0 fully saturated rings. The van der Waals surface area contributed by atoms with Crippen LogP contribution in [-0.4, -0.2) is 4.98 Å². The fourth-order valence-electron chi connectivity index (χ4n) is 6.86. The number of rotatable bonds is 3. The van der Waals surface area contributed by atoms with E-state index in [-0.39, 0.29) is 0 Å². The highest BCUT2D eigenvalue weighted by molar-refractivity contribution is 6.23. The van der Waals surface area contributed by atoms with Gasteiger partial charge in [0.25, 0.3) is 0 Å². The summed E-state index contributed by atoms with van der Waals surface area (Å²) < 4.78 is 7.05.